The van der Waals surface area contributed by atoms with E-state index in [1.807, 2.05) is 24.3 Å². The van der Waals surface area contributed by atoms with Gasteiger partial charge in [0.25, 0.3) is 15.7 Å². The van der Waals surface area contributed by atoms with Gasteiger partial charge in [0.2, 0.25) is 0 Å². The number of carbonyl (C=O) groups excluding carboxylic acids is 4. The predicted molar refractivity (Wildman–Crippen MR) is 240 cm³/mol. The fourth-order valence-electron chi connectivity index (χ4n) is 7.67. The molecule has 12 bridgehead atoms. The number of hydrogen-bond acceptors (Lipinski definition) is 6. The summed E-state index contributed by atoms with van der Waals surface area (Å²) in [5.41, 5.74) is 9.60. The maximum absolute atomic E-state index is 12.8. The molecule has 8 nitrogen and oxygen atoms in total. The number of carbonyl (C=O) groups is 4. The number of rotatable bonds is 4. The minimum absolute atomic E-state index is 0.407. The standard InChI is InChI=1S/C27H13ClN4O.3C7H5ClO.Mn/c28-27(33)23-4-2-1-3-22(23)26-24-11-9-20(31-24)14-18-7-5-16(29-18)13-17-6-8-19(30-17)15-21-10-12-25(26)32-21;3*8-7(9)6-4-2-1-3-5-6;/h1,3-12,29,32H;3*1-5H;. The zero-order valence-electron chi connectivity index (χ0n) is 31.4. The summed E-state index contributed by atoms with van der Waals surface area (Å²) in [6, 6.07) is 41.1. The average Bonchev–Trinajstić information content (AvgIpc) is 4.12. The van der Waals surface area contributed by atoms with Crippen molar-refractivity contribution in [2.45, 2.75) is 0 Å². The van der Waals surface area contributed by atoms with Crippen LogP contribution in [0.25, 0.3) is 19.0 Å². The Bertz CT molecular complexity index is 3080. The van der Waals surface area contributed by atoms with Gasteiger partial charge >= 0.3 is 201 Å². The van der Waals surface area contributed by atoms with Gasteiger partial charge in [0.1, 0.15) is 0 Å². The van der Waals surface area contributed by atoms with E-state index in [0.717, 1.165) is 60.5 Å². The largest absolute Gasteiger partial charge is 0.276 e. The molecule has 9 aliphatic rings. The molecule has 4 aromatic carbocycles. The van der Waals surface area contributed by atoms with Crippen molar-refractivity contribution >= 4 is 102 Å². The van der Waals surface area contributed by atoms with Crippen LogP contribution in [0.5, 0.6) is 0 Å². The van der Waals surface area contributed by atoms with Crippen LogP contribution in [0.4, 0.5) is 0 Å². The first-order valence-electron chi connectivity index (χ1n) is 18.6. The van der Waals surface area contributed by atoms with Crippen molar-refractivity contribution < 1.29 is 32.0 Å². The molecule has 6 aromatic rings. The van der Waals surface area contributed by atoms with Gasteiger partial charge in [0.15, 0.2) is 0 Å². The van der Waals surface area contributed by atoms with Crippen molar-refractivity contribution in [3.8, 4) is 0 Å². The Balaban J connectivity index is 0.000000143. The van der Waals surface area contributed by atoms with Crippen LogP contribution in [-0.2, 0) is 12.8 Å². The molecule has 299 valence electrons. The van der Waals surface area contributed by atoms with Crippen LogP contribution >= 0.6 is 46.4 Å². The molecule has 0 fully saturated rings. The SMILES string of the molecule is O=C(Cl)c1c[c]2ccc1C1=C3C=CC(=N3)[C]3=c4ccc([nH]4)=[C]4C5=NC(=[C](c6ccc1[nH]6)[Mn]342)C=C5.O=C(Cl)c1ccccc1.O=C(Cl)c1ccccc1.O=C(Cl)c1ccccc1. The van der Waals surface area contributed by atoms with E-state index in [2.05, 4.69) is 70.7 Å². The van der Waals surface area contributed by atoms with Gasteiger partial charge in [-0.15, -0.1) is 0 Å². The number of hydrogen-bond donors (Lipinski definition) is 2. The minimum Gasteiger partial charge on any atom is -0.276 e. The number of nitrogens with one attached hydrogen (secondary N) is 2. The van der Waals surface area contributed by atoms with Crippen LogP contribution in [0.1, 0.15) is 58.4 Å². The van der Waals surface area contributed by atoms with Crippen molar-refractivity contribution in [2.75, 3.05) is 0 Å². The molecule has 1 unspecified atom stereocenters. The molecule has 0 saturated carbocycles. The van der Waals surface area contributed by atoms with Gasteiger partial charge in [0, 0.05) is 16.7 Å². The zero-order chi connectivity index (χ0) is 42.4. The van der Waals surface area contributed by atoms with Gasteiger partial charge in [-0.1, -0.05) is 91.0 Å². The molecular formula is C48H28Cl4MnN4O4. The summed E-state index contributed by atoms with van der Waals surface area (Å²) in [5.74, 6) is 0. The number of nitrogens with zero attached hydrogens (tertiary/aromatic N) is 2. The third-order valence-corrected chi connectivity index (χ3v) is 17.0. The Labute approximate surface area is 370 Å². The molecule has 2 N–H and O–H groups in total. The summed E-state index contributed by atoms with van der Waals surface area (Å²) < 4.78 is 4.74. The van der Waals surface area contributed by atoms with E-state index >= 15 is 0 Å². The van der Waals surface area contributed by atoms with Crippen molar-refractivity contribution in [2.24, 2.45) is 9.98 Å². The van der Waals surface area contributed by atoms with E-state index in [0.29, 0.717) is 22.3 Å². The summed E-state index contributed by atoms with van der Waals surface area (Å²) in [4.78, 5) is 61.7. The number of H-pyrrole nitrogens is 2. The smallest absolute Gasteiger partial charge is 0.252 e. The summed E-state index contributed by atoms with van der Waals surface area (Å²) in [6.45, 7) is 0. The Hall–Kier alpha value is -6.16. The molecule has 13 heteroatoms. The molecule has 0 amide bonds. The third-order valence-electron chi connectivity index (χ3n) is 10.2. The summed E-state index contributed by atoms with van der Waals surface area (Å²) in [6.07, 6.45) is 8.43. The molecule has 11 heterocycles. The Morgan fingerprint density at radius 1 is 0.459 bits per heavy atom. The van der Waals surface area contributed by atoms with Crippen LogP contribution in [-0.4, -0.2) is 42.4 Å². The van der Waals surface area contributed by atoms with E-state index < -0.39 is 33.8 Å². The van der Waals surface area contributed by atoms with Crippen LogP contribution in [0.15, 0.2) is 179 Å². The fraction of sp³-hybridized carbons (Fsp3) is 0. The molecule has 0 saturated heterocycles. The van der Waals surface area contributed by atoms with Gasteiger partial charge in [-0.25, -0.2) is 0 Å². The number of aliphatic imine (C=N–C) groups is 2. The van der Waals surface area contributed by atoms with Gasteiger partial charge in [0.05, 0.1) is 0 Å². The summed E-state index contributed by atoms with van der Waals surface area (Å²) in [7, 11) is 0. The first-order valence-corrected chi connectivity index (χ1v) is 22.5. The third kappa shape index (κ3) is 7.09. The number of aromatic amines is 2. The number of aromatic nitrogens is 2. The van der Waals surface area contributed by atoms with Gasteiger partial charge in [-0.2, -0.15) is 0 Å². The predicted octanol–water partition coefficient (Wildman–Crippen LogP) is 9.12. The van der Waals surface area contributed by atoms with Crippen molar-refractivity contribution in [1.82, 2.24) is 9.97 Å². The Morgan fingerprint density at radius 3 is 1.41 bits per heavy atom. The molecule has 0 radical (unpaired) electrons. The molecule has 1 spiro atoms. The molecule has 2 aromatic heterocycles. The molecular weight excluding hydrogens is 893 g/mol. The topological polar surface area (TPSA) is 125 Å². The average molecular weight is 922 g/mol. The van der Waals surface area contributed by atoms with E-state index in [4.69, 9.17) is 56.4 Å². The molecule has 15 rings (SSSR count). The normalized spacial score (nSPS) is 18.1. The number of halogens is 4. The summed E-state index contributed by atoms with van der Waals surface area (Å²) in [5, 5.41) is 0.479. The minimum atomic E-state index is -2.95. The van der Waals surface area contributed by atoms with Gasteiger partial charge in [-0.3, -0.25) is 14.4 Å². The number of benzene rings is 4. The molecule has 9 aliphatic heterocycles. The molecule has 61 heavy (non-hydrogen) atoms. The summed E-state index contributed by atoms with van der Waals surface area (Å²) >= 11 is 18.8. The van der Waals surface area contributed by atoms with E-state index in [-0.39, 0.29) is 0 Å². The second-order valence-corrected chi connectivity index (χ2v) is 19.4. The maximum atomic E-state index is 12.8. The Kier molecular flexibility index (Phi) is 10.8. The fourth-order valence-corrected chi connectivity index (χ4v) is 14.7. The Morgan fingerprint density at radius 2 is 0.934 bits per heavy atom. The van der Waals surface area contributed by atoms with Crippen LogP contribution in [0.3, 0.4) is 0 Å². The first kappa shape index (κ1) is 40.3. The van der Waals surface area contributed by atoms with Crippen LogP contribution in [0, 0.1) is 0 Å². The van der Waals surface area contributed by atoms with Gasteiger partial charge in [-0.05, 0) is 34.8 Å². The van der Waals surface area contributed by atoms with E-state index in [1.165, 1.54) is 13.4 Å². The second-order valence-electron chi connectivity index (χ2n) is 13.8. The van der Waals surface area contributed by atoms with Crippen molar-refractivity contribution in [1.29, 1.82) is 0 Å². The second kappa shape index (κ2) is 16.4. The quantitative estimate of drug-likeness (QED) is 0.135. The number of fused-ring (bicyclic) bond motifs is 4. The monoisotopic (exact) mass is 919 g/mol. The van der Waals surface area contributed by atoms with Crippen LogP contribution in [0.2, 0.25) is 0 Å². The molecule has 0 aliphatic carbocycles. The van der Waals surface area contributed by atoms with Crippen LogP contribution < -0.4 is 15.2 Å². The van der Waals surface area contributed by atoms with Gasteiger partial charge < -0.3 is 0 Å². The zero-order valence-corrected chi connectivity index (χ0v) is 35.6. The van der Waals surface area contributed by atoms with Crippen molar-refractivity contribution in [3.63, 3.8) is 0 Å². The van der Waals surface area contributed by atoms with Crippen molar-refractivity contribution in [3.05, 3.63) is 219 Å². The first-order chi connectivity index (χ1) is 29.6. The molecule has 1 atom stereocenters. The maximum Gasteiger partial charge on any atom is 0.252 e. The van der Waals surface area contributed by atoms with E-state index in [1.54, 1.807) is 72.8 Å². The number of allylic oxidation sites excluding steroid dienone is 4. The van der Waals surface area contributed by atoms with E-state index in [9.17, 15) is 19.2 Å².